The van der Waals surface area contributed by atoms with Gasteiger partial charge in [0.1, 0.15) is 6.33 Å². The zero-order chi connectivity index (χ0) is 14.6. The highest BCUT2D eigenvalue weighted by atomic mass is 16.5. The average molecular weight is 275 g/mol. The van der Waals surface area contributed by atoms with E-state index in [1.54, 1.807) is 18.1 Å². The Morgan fingerprint density at radius 3 is 2.55 bits per heavy atom. The van der Waals surface area contributed by atoms with Gasteiger partial charge >= 0.3 is 0 Å². The van der Waals surface area contributed by atoms with Crippen LogP contribution in [0, 0.1) is 0 Å². The third-order valence-electron chi connectivity index (χ3n) is 3.24. The second kappa shape index (κ2) is 6.00. The lowest BCUT2D eigenvalue weighted by Gasteiger charge is -2.27. The smallest absolute Gasteiger partial charge is 0.143 e. The van der Waals surface area contributed by atoms with Gasteiger partial charge in [-0.05, 0) is 61.9 Å². The number of nitrogens with one attached hydrogen (secondary N) is 1. The SMILES string of the molecule is COC(C)(C)CC(C)Nc1ccc(-n2cnnn2)cc1. The van der Waals surface area contributed by atoms with Crippen molar-refractivity contribution < 1.29 is 4.74 Å². The number of rotatable bonds is 6. The molecule has 1 atom stereocenters. The molecular formula is C14H21N5O. The van der Waals surface area contributed by atoms with Crippen LogP contribution in [0.15, 0.2) is 30.6 Å². The van der Waals surface area contributed by atoms with Crippen LogP contribution in [0.1, 0.15) is 27.2 Å². The van der Waals surface area contributed by atoms with Crippen molar-refractivity contribution in [2.45, 2.75) is 38.8 Å². The third-order valence-corrected chi connectivity index (χ3v) is 3.24. The van der Waals surface area contributed by atoms with Gasteiger partial charge in [0.05, 0.1) is 11.3 Å². The summed E-state index contributed by atoms with van der Waals surface area (Å²) in [5.41, 5.74) is 1.88. The summed E-state index contributed by atoms with van der Waals surface area (Å²) in [7, 11) is 1.74. The fourth-order valence-corrected chi connectivity index (χ4v) is 2.15. The van der Waals surface area contributed by atoms with E-state index in [4.69, 9.17) is 4.74 Å². The molecule has 6 heteroatoms. The van der Waals surface area contributed by atoms with Crippen molar-refractivity contribution in [3.63, 3.8) is 0 Å². The largest absolute Gasteiger partial charge is 0.382 e. The first-order valence-electron chi connectivity index (χ1n) is 6.65. The van der Waals surface area contributed by atoms with E-state index in [1.165, 1.54) is 0 Å². The minimum atomic E-state index is -0.126. The van der Waals surface area contributed by atoms with E-state index < -0.39 is 0 Å². The lowest BCUT2D eigenvalue weighted by atomic mass is 10.00. The molecule has 2 aromatic rings. The van der Waals surface area contributed by atoms with Crippen LogP contribution in [0.25, 0.3) is 5.69 Å². The van der Waals surface area contributed by atoms with Crippen molar-refractivity contribution in [2.75, 3.05) is 12.4 Å². The number of ether oxygens (including phenoxy) is 1. The van der Waals surface area contributed by atoms with E-state index >= 15 is 0 Å². The summed E-state index contributed by atoms with van der Waals surface area (Å²) in [6.45, 7) is 6.33. The number of nitrogens with zero attached hydrogens (tertiary/aromatic N) is 4. The highest BCUT2D eigenvalue weighted by molar-refractivity contribution is 5.48. The maximum Gasteiger partial charge on any atom is 0.143 e. The first kappa shape index (κ1) is 14.5. The van der Waals surface area contributed by atoms with E-state index in [2.05, 4.69) is 41.6 Å². The number of aromatic nitrogens is 4. The van der Waals surface area contributed by atoms with Crippen LogP contribution in [-0.2, 0) is 4.74 Å². The van der Waals surface area contributed by atoms with Crippen molar-refractivity contribution >= 4 is 5.69 Å². The minimum absolute atomic E-state index is 0.126. The van der Waals surface area contributed by atoms with Crippen molar-refractivity contribution in [1.29, 1.82) is 0 Å². The first-order valence-corrected chi connectivity index (χ1v) is 6.65. The van der Waals surface area contributed by atoms with E-state index in [1.807, 2.05) is 24.3 Å². The van der Waals surface area contributed by atoms with Crippen LogP contribution in [0.4, 0.5) is 5.69 Å². The molecule has 2 rings (SSSR count). The van der Waals surface area contributed by atoms with Crippen molar-refractivity contribution in [2.24, 2.45) is 0 Å². The second-order valence-corrected chi connectivity index (χ2v) is 5.51. The quantitative estimate of drug-likeness (QED) is 0.876. The predicted octanol–water partition coefficient (Wildman–Crippen LogP) is 2.28. The fourth-order valence-electron chi connectivity index (χ4n) is 2.15. The summed E-state index contributed by atoms with van der Waals surface area (Å²) >= 11 is 0. The first-order chi connectivity index (χ1) is 9.50. The summed E-state index contributed by atoms with van der Waals surface area (Å²) in [4.78, 5) is 0. The Morgan fingerprint density at radius 1 is 1.30 bits per heavy atom. The molecule has 1 heterocycles. The topological polar surface area (TPSA) is 64.9 Å². The molecule has 0 aliphatic carbocycles. The Balaban J connectivity index is 1.97. The molecule has 0 fully saturated rings. The molecule has 108 valence electrons. The van der Waals surface area contributed by atoms with Crippen molar-refractivity contribution in [3.8, 4) is 5.69 Å². The number of anilines is 1. The van der Waals surface area contributed by atoms with Crippen LogP contribution in [-0.4, -0.2) is 39.0 Å². The average Bonchev–Trinajstić information content (AvgIpc) is 2.93. The molecule has 0 saturated carbocycles. The summed E-state index contributed by atoms with van der Waals surface area (Å²) in [6.07, 6.45) is 2.50. The van der Waals surface area contributed by atoms with Crippen LogP contribution < -0.4 is 5.32 Å². The molecule has 0 amide bonds. The van der Waals surface area contributed by atoms with Crippen LogP contribution in [0.5, 0.6) is 0 Å². The van der Waals surface area contributed by atoms with Crippen LogP contribution in [0.3, 0.4) is 0 Å². The van der Waals surface area contributed by atoms with Gasteiger partial charge in [-0.15, -0.1) is 5.10 Å². The second-order valence-electron chi connectivity index (χ2n) is 5.51. The van der Waals surface area contributed by atoms with Gasteiger partial charge in [0.15, 0.2) is 0 Å². The number of benzene rings is 1. The maximum absolute atomic E-state index is 5.45. The predicted molar refractivity (Wildman–Crippen MR) is 77.9 cm³/mol. The molecular weight excluding hydrogens is 254 g/mol. The lowest BCUT2D eigenvalue weighted by Crippen LogP contribution is -2.31. The Bertz CT molecular complexity index is 521. The van der Waals surface area contributed by atoms with E-state index in [9.17, 15) is 0 Å². The number of methoxy groups -OCH3 is 1. The molecule has 1 aromatic heterocycles. The minimum Gasteiger partial charge on any atom is -0.382 e. The molecule has 1 N–H and O–H groups in total. The van der Waals surface area contributed by atoms with Crippen LogP contribution >= 0.6 is 0 Å². The standard InChI is InChI=1S/C14H21N5O/c1-11(9-14(2,3)20-4)16-12-5-7-13(8-6-12)19-10-15-17-18-19/h5-8,10-11,16H,9H2,1-4H3. The van der Waals surface area contributed by atoms with Gasteiger partial charge in [-0.25, -0.2) is 4.68 Å². The molecule has 0 aliphatic rings. The Morgan fingerprint density at radius 2 is 2.00 bits per heavy atom. The Kier molecular flexibility index (Phi) is 4.34. The molecule has 6 nitrogen and oxygen atoms in total. The number of hydrogen-bond acceptors (Lipinski definition) is 5. The summed E-state index contributed by atoms with van der Waals surface area (Å²) in [5.74, 6) is 0. The van der Waals surface area contributed by atoms with Gasteiger partial charge in [-0.3, -0.25) is 0 Å². The van der Waals surface area contributed by atoms with Gasteiger partial charge in [0.25, 0.3) is 0 Å². The van der Waals surface area contributed by atoms with Gasteiger partial charge in [0, 0.05) is 18.8 Å². The van der Waals surface area contributed by atoms with E-state index in [0.29, 0.717) is 6.04 Å². The Hall–Kier alpha value is -1.95. The monoisotopic (exact) mass is 275 g/mol. The lowest BCUT2D eigenvalue weighted by molar-refractivity contribution is 0.0128. The summed E-state index contributed by atoms with van der Waals surface area (Å²) in [5, 5.41) is 14.6. The molecule has 20 heavy (non-hydrogen) atoms. The molecule has 1 unspecified atom stereocenters. The molecule has 0 bridgehead atoms. The van der Waals surface area contributed by atoms with Gasteiger partial charge < -0.3 is 10.1 Å². The number of tetrazole rings is 1. The Labute approximate surface area is 119 Å². The van der Waals surface area contributed by atoms with E-state index in [-0.39, 0.29) is 5.60 Å². The highest BCUT2D eigenvalue weighted by Gasteiger charge is 2.19. The van der Waals surface area contributed by atoms with Crippen LogP contribution in [0.2, 0.25) is 0 Å². The normalized spacial score (nSPS) is 13.2. The zero-order valence-corrected chi connectivity index (χ0v) is 12.4. The van der Waals surface area contributed by atoms with Crippen molar-refractivity contribution in [3.05, 3.63) is 30.6 Å². The third kappa shape index (κ3) is 3.77. The van der Waals surface area contributed by atoms with Gasteiger partial charge in [-0.1, -0.05) is 0 Å². The maximum atomic E-state index is 5.45. The summed E-state index contributed by atoms with van der Waals surface area (Å²) in [6, 6.07) is 8.32. The summed E-state index contributed by atoms with van der Waals surface area (Å²) < 4.78 is 7.07. The van der Waals surface area contributed by atoms with Gasteiger partial charge in [0.2, 0.25) is 0 Å². The zero-order valence-electron chi connectivity index (χ0n) is 12.4. The van der Waals surface area contributed by atoms with Crippen molar-refractivity contribution in [1.82, 2.24) is 20.2 Å². The van der Waals surface area contributed by atoms with Gasteiger partial charge in [-0.2, -0.15) is 0 Å². The molecule has 1 aromatic carbocycles. The molecule has 0 aliphatic heterocycles. The number of hydrogen-bond donors (Lipinski definition) is 1. The molecule has 0 saturated heterocycles. The fraction of sp³-hybridized carbons (Fsp3) is 0.500. The molecule has 0 spiro atoms. The molecule has 0 radical (unpaired) electrons. The van der Waals surface area contributed by atoms with E-state index in [0.717, 1.165) is 17.8 Å². The highest BCUT2D eigenvalue weighted by Crippen LogP contribution is 2.19.